The second kappa shape index (κ2) is 10.3. The molecule has 2 unspecified atom stereocenters. The number of rotatable bonds is 7. The quantitative estimate of drug-likeness (QED) is 0.648. The van der Waals surface area contributed by atoms with E-state index in [1.807, 2.05) is 36.4 Å². The maximum Gasteiger partial charge on any atom is 0.407 e. The lowest BCUT2D eigenvalue weighted by Crippen LogP contribution is -2.59. The second-order valence-corrected chi connectivity index (χ2v) is 8.77. The van der Waals surface area contributed by atoms with E-state index in [2.05, 4.69) is 17.4 Å². The van der Waals surface area contributed by atoms with Gasteiger partial charge in [0, 0.05) is 19.6 Å². The topological polar surface area (TPSA) is 105 Å². The molecule has 0 saturated carbocycles. The molecule has 1 aliphatic heterocycles. The minimum atomic E-state index is -1.05. The number of fused-ring (bicyclic) bond motifs is 3. The van der Waals surface area contributed by atoms with E-state index in [0.717, 1.165) is 28.7 Å². The minimum absolute atomic E-state index is 0.106. The Kier molecular flexibility index (Phi) is 7.17. The summed E-state index contributed by atoms with van der Waals surface area (Å²) >= 11 is 0. The van der Waals surface area contributed by atoms with Crippen LogP contribution in [0.2, 0.25) is 0 Å². The van der Waals surface area contributed by atoms with Crippen LogP contribution in [-0.2, 0) is 19.1 Å². The van der Waals surface area contributed by atoms with Gasteiger partial charge in [-0.05, 0) is 48.4 Å². The van der Waals surface area contributed by atoms with Gasteiger partial charge in [0.15, 0.2) is 0 Å². The Morgan fingerprint density at radius 3 is 2.26 bits per heavy atom. The highest BCUT2D eigenvalue weighted by Crippen LogP contribution is 2.44. The molecule has 1 heterocycles. The van der Waals surface area contributed by atoms with Crippen LogP contribution < -0.4 is 5.32 Å². The van der Waals surface area contributed by atoms with E-state index in [-0.39, 0.29) is 12.5 Å². The van der Waals surface area contributed by atoms with Crippen LogP contribution in [0.3, 0.4) is 0 Å². The maximum atomic E-state index is 13.2. The van der Waals surface area contributed by atoms with Crippen LogP contribution in [0.5, 0.6) is 0 Å². The summed E-state index contributed by atoms with van der Waals surface area (Å²) in [4.78, 5) is 39.0. The van der Waals surface area contributed by atoms with Gasteiger partial charge in [0.25, 0.3) is 0 Å². The standard InChI is InChI=1S/C26H30N2O6/c1-16(33-2)23(24(29)28-14-8-7-13-22(28)25(30)31)27-26(32)34-15-21-19-11-5-3-9-17(19)18-10-4-6-12-20(18)21/h3-6,9-12,16,21-23H,7-8,13-15H2,1-2H3,(H,27,32)(H,30,31)/t16?,22-,23?/m0/s1. The molecule has 2 aliphatic rings. The number of ether oxygens (including phenoxy) is 2. The van der Waals surface area contributed by atoms with Crippen molar-refractivity contribution in [2.75, 3.05) is 20.3 Å². The summed E-state index contributed by atoms with van der Waals surface area (Å²) in [6.07, 6.45) is 0.442. The Morgan fingerprint density at radius 2 is 1.68 bits per heavy atom. The molecule has 34 heavy (non-hydrogen) atoms. The van der Waals surface area contributed by atoms with Crippen molar-refractivity contribution in [3.05, 3.63) is 59.7 Å². The molecule has 2 amide bonds. The van der Waals surface area contributed by atoms with Gasteiger partial charge in [0.2, 0.25) is 5.91 Å². The predicted octanol–water partition coefficient (Wildman–Crippen LogP) is 3.39. The van der Waals surface area contributed by atoms with Crippen LogP contribution in [-0.4, -0.2) is 66.4 Å². The average molecular weight is 467 g/mol. The highest BCUT2D eigenvalue weighted by molar-refractivity contribution is 5.90. The van der Waals surface area contributed by atoms with Crippen LogP contribution in [0.25, 0.3) is 11.1 Å². The Bertz CT molecular complexity index is 1030. The van der Waals surface area contributed by atoms with Crippen LogP contribution in [0.4, 0.5) is 4.79 Å². The third-order valence-electron chi connectivity index (χ3n) is 6.80. The van der Waals surface area contributed by atoms with Crippen LogP contribution in [0, 0.1) is 0 Å². The molecule has 1 saturated heterocycles. The summed E-state index contributed by atoms with van der Waals surface area (Å²) in [7, 11) is 1.44. The molecule has 0 bridgehead atoms. The number of carbonyl (C=O) groups is 3. The molecule has 180 valence electrons. The Labute approximate surface area is 198 Å². The third-order valence-corrected chi connectivity index (χ3v) is 6.80. The molecular formula is C26H30N2O6. The van der Waals surface area contributed by atoms with Crippen molar-refractivity contribution >= 4 is 18.0 Å². The number of amides is 2. The molecule has 2 aromatic rings. The zero-order chi connectivity index (χ0) is 24.2. The van der Waals surface area contributed by atoms with Gasteiger partial charge in [0.05, 0.1) is 6.10 Å². The summed E-state index contributed by atoms with van der Waals surface area (Å²) in [5, 5.41) is 12.2. The van der Waals surface area contributed by atoms with Gasteiger partial charge < -0.3 is 24.8 Å². The molecule has 8 nitrogen and oxygen atoms in total. The van der Waals surface area contributed by atoms with E-state index in [9.17, 15) is 19.5 Å². The van der Waals surface area contributed by atoms with E-state index in [0.29, 0.717) is 19.4 Å². The Balaban J connectivity index is 1.46. The number of likely N-dealkylation sites (tertiary alicyclic amines) is 1. The number of hydrogen-bond donors (Lipinski definition) is 2. The molecule has 8 heteroatoms. The first-order valence-corrected chi connectivity index (χ1v) is 11.6. The van der Waals surface area contributed by atoms with Gasteiger partial charge in [0.1, 0.15) is 18.7 Å². The van der Waals surface area contributed by atoms with E-state index < -0.39 is 36.2 Å². The third kappa shape index (κ3) is 4.63. The largest absolute Gasteiger partial charge is 0.480 e. The van der Waals surface area contributed by atoms with Crippen LogP contribution in [0.15, 0.2) is 48.5 Å². The van der Waals surface area contributed by atoms with Crippen molar-refractivity contribution in [1.29, 1.82) is 0 Å². The molecule has 2 N–H and O–H groups in total. The number of carbonyl (C=O) groups excluding carboxylic acids is 2. The summed E-state index contributed by atoms with van der Waals surface area (Å²) in [5.41, 5.74) is 4.43. The fourth-order valence-corrected chi connectivity index (χ4v) is 4.91. The Morgan fingerprint density at radius 1 is 1.06 bits per heavy atom. The lowest BCUT2D eigenvalue weighted by molar-refractivity contribution is -0.154. The highest BCUT2D eigenvalue weighted by Gasteiger charge is 2.39. The lowest BCUT2D eigenvalue weighted by atomic mass is 9.98. The van der Waals surface area contributed by atoms with E-state index in [1.165, 1.54) is 12.0 Å². The van der Waals surface area contributed by atoms with Gasteiger partial charge in [-0.15, -0.1) is 0 Å². The average Bonchev–Trinajstić information content (AvgIpc) is 3.18. The molecule has 4 rings (SSSR count). The molecule has 1 aliphatic carbocycles. The number of nitrogens with zero attached hydrogens (tertiary/aromatic N) is 1. The summed E-state index contributed by atoms with van der Waals surface area (Å²) in [6, 6.07) is 14.1. The first-order valence-electron chi connectivity index (χ1n) is 11.6. The van der Waals surface area contributed by atoms with E-state index >= 15 is 0 Å². The van der Waals surface area contributed by atoms with E-state index in [4.69, 9.17) is 9.47 Å². The summed E-state index contributed by atoms with van der Waals surface area (Å²) in [5.74, 6) is -1.63. The smallest absolute Gasteiger partial charge is 0.407 e. The SMILES string of the molecule is COC(C)C(NC(=O)OCC1c2ccccc2-c2ccccc21)C(=O)N1CCCC[C@H]1C(=O)O. The first kappa shape index (κ1) is 23.8. The van der Waals surface area contributed by atoms with Crippen LogP contribution in [0.1, 0.15) is 43.2 Å². The number of piperidine rings is 1. The van der Waals surface area contributed by atoms with Gasteiger partial charge in [-0.3, -0.25) is 4.79 Å². The minimum Gasteiger partial charge on any atom is -0.480 e. The highest BCUT2D eigenvalue weighted by atomic mass is 16.5. The number of aliphatic carboxylic acids is 1. The number of methoxy groups -OCH3 is 1. The fraction of sp³-hybridized carbons (Fsp3) is 0.423. The van der Waals surface area contributed by atoms with Crippen molar-refractivity contribution in [3.8, 4) is 11.1 Å². The van der Waals surface area contributed by atoms with Gasteiger partial charge in [-0.1, -0.05) is 48.5 Å². The molecule has 0 spiro atoms. The molecule has 1 fully saturated rings. The Hall–Kier alpha value is -3.39. The molecule has 0 aromatic heterocycles. The maximum absolute atomic E-state index is 13.2. The number of benzene rings is 2. The molecule has 0 radical (unpaired) electrons. The lowest BCUT2D eigenvalue weighted by Gasteiger charge is -2.36. The molecular weight excluding hydrogens is 436 g/mol. The monoisotopic (exact) mass is 466 g/mol. The summed E-state index contributed by atoms with van der Waals surface area (Å²) < 4.78 is 10.9. The number of hydrogen-bond acceptors (Lipinski definition) is 5. The van der Waals surface area contributed by atoms with Crippen molar-refractivity contribution in [2.24, 2.45) is 0 Å². The normalized spacial score (nSPS) is 19.0. The van der Waals surface area contributed by atoms with Crippen molar-refractivity contribution in [1.82, 2.24) is 10.2 Å². The van der Waals surface area contributed by atoms with Crippen LogP contribution >= 0.6 is 0 Å². The number of alkyl carbamates (subject to hydrolysis) is 1. The van der Waals surface area contributed by atoms with E-state index in [1.54, 1.807) is 6.92 Å². The predicted molar refractivity (Wildman–Crippen MR) is 125 cm³/mol. The zero-order valence-corrected chi connectivity index (χ0v) is 19.4. The van der Waals surface area contributed by atoms with Gasteiger partial charge in [-0.25, -0.2) is 9.59 Å². The summed E-state index contributed by atoms with van der Waals surface area (Å²) in [6.45, 7) is 2.10. The molecule has 2 aromatic carbocycles. The van der Waals surface area contributed by atoms with Gasteiger partial charge >= 0.3 is 12.1 Å². The van der Waals surface area contributed by atoms with Gasteiger partial charge in [-0.2, -0.15) is 0 Å². The second-order valence-electron chi connectivity index (χ2n) is 8.77. The fourth-order valence-electron chi connectivity index (χ4n) is 4.91. The number of nitrogens with one attached hydrogen (secondary N) is 1. The first-order chi connectivity index (χ1) is 16.4. The number of carboxylic acids is 1. The van der Waals surface area contributed by atoms with Crippen molar-refractivity contribution in [2.45, 2.75) is 50.3 Å². The number of carboxylic acid groups (broad SMARTS) is 1. The van der Waals surface area contributed by atoms with Crippen molar-refractivity contribution in [3.63, 3.8) is 0 Å². The zero-order valence-electron chi connectivity index (χ0n) is 19.4. The van der Waals surface area contributed by atoms with Crippen molar-refractivity contribution < 1.29 is 29.0 Å². The molecule has 3 atom stereocenters.